The molecule has 1 amide bonds. The number of nitrogens with zero attached hydrogens (tertiary/aromatic N) is 3. The lowest BCUT2D eigenvalue weighted by Crippen LogP contribution is -2.52. The molecule has 1 aromatic carbocycles. The normalized spacial score (nSPS) is 23.1. The van der Waals surface area contributed by atoms with Gasteiger partial charge >= 0.3 is 12.1 Å². The van der Waals surface area contributed by atoms with Crippen LogP contribution in [-0.2, 0) is 16.5 Å². The van der Waals surface area contributed by atoms with E-state index in [2.05, 4.69) is 5.10 Å². The summed E-state index contributed by atoms with van der Waals surface area (Å²) in [6.07, 6.45) is -2.63. The Kier molecular flexibility index (Phi) is 7.62. The predicted octanol–water partition coefficient (Wildman–Crippen LogP) is 6.71. The van der Waals surface area contributed by atoms with Gasteiger partial charge < -0.3 is 10.0 Å². The first-order chi connectivity index (χ1) is 18.0. The monoisotopic (exact) mass is 587 g/mol. The first kappa shape index (κ1) is 29.4. The van der Waals surface area contributed by atoms with Crippen LogP contribution in [0, 0.1) is 10.8 Å². The van der Waals surface area contributed by atoms with Crippen molar-refractivity contribution in [3.8, 4) is 0 Å². The summed E-state index contributed by atoms with van der Waals surface area (Å²) < 4.78 is 44.7. The summed E-state index contributed by atoms with van der Waals surface area (Å²) in [7, 11) is 0. The first-order valence-corrected chi connectivity index (χ1v) is 13.4. The van der Waals surface area contributed by atoms with Crippen molar-refractivity contribution in [2.45, 2.75) is 71.0 Å². The average Bonchev–Trinajstić information content (AvgIpc) is 3.30. The number of hydrogen-bond acceptors (Lipinski definition) is 4. The van der Waals surface area contributed by atoms with Crippen molar-refractivity contribution >= 4 is 40.9 Å². The third-order valence-corrected chi connectivity index (χ3v) is 8.54. The number of aromatic nitrogens is 2. The summed E-state index contributed by atoms with van der Waals surface area (Å²) in [5, 5.41) is 13.9. The van der Waals surface area contributed by atoms with E-state index in [0.717, 1.165) is 15.8 Å². The molecule has 7 nitrogen and oxygen atoms in total. The minimum atomic E-state index is -4.92. The van der Waals surface area contributed by atoms with Gasteiger partial charge in [0.2, 0.25) is 0 Å². The smallest absolute Gasteiger partial charge is 0.433 e. The number of amides is 1. The highest BCUT2D eigenvalue weighted by atomic mass is 35.5. The number of fused-ring (bicyclic) bond motifs is 3. The van der Waals surface area contributed by atoms with Crippen molar-refractivity contribution in [1.29, 1.82) is 0 Å². The van der Waals surface area contributed by atoms with E-state index in [1.165, 1.54) is 12.1 Å². The molecular weight excluding hydrogens is 558 g/mol. The second-order valence-electron chi connectivity index (χ2n) is 11.9. The predicted molar refractivity (Wildman–Crippen MR) is 139 cm³/mol. The van der Waals surface area contributed by atoms with Crippen LogP contribution in [0.3, 0.4) is 0 Å². The minimum absolute atomic E-state index is 0.00973. The second kappa shape index (κ2) is 10.1. The molecule has 2 bridgehead atoms. The lowest BCUT2D eigenvalue weighted by molar-refractivity contribution is -0.163. The van der Waals surface area contributed by atoms with Gasteiger partial charge in [0.1, 0.15) is 0 Å². The van der Waals surface area contributed by atoms with Crippen LogP contribution >= 0.6 is 23.2 Å². The molecule has 0 radical (unpaired) electrons. The maximum Gasteiger partial charge on any atom is 0.433 e. The molecule has 1 N–H and O–H groups in total. The number of carboxylic acids is 1. The van der Waals surface area contributed by atoms with E-state index in [1.54, 1.807) is 26.8 Å². The highest BCUT2D eigenvalue weighted by molar-refractivity contribution is 6.40. The van der Waals surface area contributed by atoms with E-state index in [0.29, 0.717) is 0 Å². The number of halogens is 5. The number of Topliss-reactive ketones (excluding diaryl/α,β-unsaturated/α-hetero) is 1. The van der Waals surface area contributed by atoms with E-state index in [1.807, 2.05) is 0 Å². The fourth-order valence-electron chi connectivity index (χ4n) is 5.90. The zero-order valence-corrected chi connectivity index (χ0v) is 23.4. The Balaban J connectivity index is 1.72. The van der Waals surface area contributed by atoms with E-state index in [9.17, 15) is 32.7 Å². The van der Waals surface area contributed by atoms with Gasteiger partial charge in [-0.3, -0.25) is 19.1 Å². The summed E-state index contributed by atoms with van der Waals surface area (Å²) >= 11 is 12.3. The zero-order valence-electron chi connectivity index (χ0n) is 21.9. The van der Waals surface area contributed by atoms with Crippen LogP contribution in [-0.4, -0.2) is 50.5 Å². The number of carboxylic acid groups (broad SMARTS) is 1. The molecule has 212 valence electrons. The number of ketones is 1. The number of carbonyl (C=O) groups excluding carboxylic acids is 2. The molecule has 5 rings (SSSR count). The summed E-state index contributed by atoms with van der Waals surface area (Å²) in [5.74, 6) is -2.51. The Morgan fingerprint density at radius 3 is 2.03 bits per heavy atom. The molecule has 0 spiro atoms. The van der Waals surface area contributed by atoms with Crippen LogP contribution in [0.4, 0.5) is 13.2 Å². The molecular formula is C27H30Cl2F3N3O4. The molecule has 0 atom stereocenters. The maximum absolute atomic E-state index is 14.6. The van der Waals surface area contributed by atoms with Crippen LogP contribution < -0.4 is 0 Å². The molecule has 3 fully saturated rings. The molecule has 39 heavy (non-hydrogen) atoms. The lowest BCUT2D eigenvalue weighted by atomic mass is 9.57. The van der Waals surface area contributed by atoms with Crippen molar-refractivity contribution in [1.82, 2.24) is 14.7 Å². The fourth-order valence-corrected chi connectivity index (χ4v) is 6.51. The highest BCUT2D eigenvalue weighted by Gasteiger charge is 2.56. The molecule has 3 saturated carbocycles. The van der Waals surface area contributed by atoms with Crippen LogP contribution in [0.5, 0.6) is 0 Å². The number of aliphatic carboxylic acids is 1. The van der Waals surface area contributed by atoms with Crippen LogP contribution in [0.1, 0.15) is 85.7 Å². The SMILES string of the molecule is CC(C)(C)CN(CC(=O)c1c(Cl)cccc1Cl)C(=O)c1cnn(C23CCC(C(=O)O)(CC2)CC3)c1C(F)(F)F. The minimum Gasteiger partial charge on any atom is -0.481 e. The molecule has 3 aliphatic carbocycles. The van der Waals surface area contributed by atoms with Gasteiger partial charge in [0.15, 0.2) is 11.5 Å². The first-order valence-electron chi connectivity index (χ1n) is 12.7. The van der Waals surface area contributed by atoms with Gasteiger partial charge in [0.05, 0.1) is 44.9 Å². The summed E-state index contributed by atoms with van der Waals surface area (Å²) in [6.45, 7) is 4.84. The lowest BCUT2D eigenvalue weighted by Gasteiger charge is -2.51. The van der Waals surface area contributed by atoms with Crippen LogP contribution in [0.25, 0.3) is 0 Å². The largest absolute Gasteiger partial charge is 0.481 e. The Morgan fingerprint density at radius 2 is 1.56 bits per heavy atom. The molecule has 0 aliphatic heterocycles. The fraction of sp³-hybridized carbons (Fsp3) is 0.556. The standard InChI is InChI=1S/C27H30Cl2F3N3O4/c1-24(2,3)15-34(14-19(36)20-17(28)5-4-6-18(20)29)22(37)16-13-33-35(21(16)27(30,31)32)26-10-7-25(8-11-26,9-12-26)23(38)39/h4-6,13H,7-12,14-15H2,1-3H3,(H,38,39). The van der Waals surface area contributed by atoms with E-state index in [4.69, 9.17) is 23.2 Å². The van der Waals surface area contributed by atoms with Gasteiger partial charge in [0.25, 0.3) is 5.91 Å². The number of rotatable bonds is 7. The topological polar surface area (TPSA) is 92.5 Å². The Labute approximate surface area is 234 Å². The Hall–Kier alpha value is -2.59. The average molecular weight is 588 g/mol. The van der Waals surface area contributed by atoms with Crippen LogP contribution in [0.2, 0.25) is 10.0 Å². The zero-order chi connectivity index (χ0) is 29.0. The Morgan fingerprint density at radius 1 is 1.03 bits per heavy atom. The molecule has 2 aromatic rings. The third kappa shape index (κ3) is 5.55. The molecule has 1 aromatic heterocycles. The van der Waals surface area contributed by atoms with Gasteiger partial charge in [0, 0.05) is 6.54 Å². The second-order valence-corrected chi connectivity index (χ2v) is 12.7. The quantitative estimate of drug-likeness (QED) is 0.363. The molecule has 0 saturated heterocycles. The van der Waals surface area contributed by atoms with Crippen molar-refractivity contribution in [3.63, 3.8) is 0 Å². The molecule has 12 heteroatoms. The van der Waals surface area contributed by atoms with E-state index < -0.39 is 58.0 Å². The van der Waals surface area contributed by atoms with E-state index >= 15 is 0 Å². The van der Waals surface area contributed by atoms with Gasteiger partial charge in [-0.25, -0.2) is 0 Å². The van der Waals surface area contributed by atoms with Gasteiger partial charge in [-0.05, 0) is 56.1 Å². The summed E-state index contributed by atoms with van der Waals surface area (Å²) in [5.41, 5.74) is -4.35. The van der Waals surface area contributed by atoms with E-state index in [-0.39, 0.29) is 60.7 Å². The number of carbonyl (C=O) groups is 3. The Bertz CT molecular complexity index is 1270. The molecule has 3 aliphatic rings. The summed E-state index contributed by atoms with van der Waals surface area (Å²) in [6, 6.07) is 4.49. The van der Waals surface area contributed by atoms with Crippen LogP contribution in [0.15, 0.2) is 24.4 Å². The highest BCUT2D eigenvalue weighted by Crippen LogP contribution is 2.56. The molecule has 0 unspecified atom stereocenters. The van der Waals surface area contributed by atoms with Crippen molar-refractivity contribution < 1.29 is 32.7 Å². The van der Waals surface area contributed by atoms with Gasteiger partial charge in [-0.1, -0.05) is 50.0 Å². The number of benzene rings is 1. The van der Waals surface area contributed by atoms with Crippen molar-refractivity contribution in [2.24, 2.45) is 10.8 Å². The number of alkyl halides is 3. The van der Waals surface area contributed by atoms with Gasteiger partial charge in [-0.15, -0.1) is 0 Å². The van der Waals surface area contributed by atoms with Crippen molar-refractivity contribution in [2.75, 3.05) is 13.1 Å². The third-order valence-electron chi connectivity index (χ3n) is 7.91. The number of hydrogen-bond donors (Lipinski definition) is 1. The maximum atomic E-state index is 14.6. The summed E-state index contributed by atoms with van der Waals surface area (Å²) in [4.78, 5) is 39.8. The van der Waals surface area contributed by atoms with Crippen molar-refractivity contribution in [3.05, 3.63) is 51.3 Å². The van der Waals surface area contributed by atoms with Gasteiger partial charge in [-0.2, -0.15) is 18.3 Å². The molecule has 1 heterocycles.